The molecule has 0 amide bonds. The van der Waals surface area contributed by atoms with Crippen molar-refractivity contribution in [3.63, 3.8) is 0 Å². The molecule has 0 saturated heterocycles. The molecular formula is C11H19N3. The summed E-state index contributed by atoms with van der Waals surface area (Å²) in [6, 6.07) is 0.639. The second kappa shape index (κ2) is 4.13. The van der Waals surface area contributed by atoms with Crippen molar-refractivity contribution < 1.29 is 0 Å². The number of hydrogen-bond donors (Lipinski definition) is 2. The molecule has 0 aromatic carbocycles. The van der Waals surface area contributed by atoms with Crippen molar-refractivity contribution in [2.45, 2.75) is 45.7 Å². The molecule has 1 aromatic rings. The van der Waals surface area contributed by atoms with Crippen LogP contribution in [0.25, 0.3) is 0 Å². The van der Waals surface area contributed by atoms with Crippen molar-refractivity contribution in [3.8, 4) is 0 Å². The maximum Gasteiger partial charge on any atom is 0.0925 e. The molecule has 1 fully saturated rings. The van der Waals surface area contributed by atoms with Crippen molar-refractivity contribution in [3.05, 3.63) is 17.7 Å². The fourth-order valence-corrected chi connectivity index (χ4v) is 1.93. The minimum atomic E-state index is 0.639. The molecule has 0 aliphatic heterocycles. The molecule has 3 heteroatoms. The highest BCUT2D eigenvalue weighted by molar-refractivity contribution is 5.08. The van der Waals surface area contributed by atoms with Gasteiger partial charge in [0.15, 0.2) is 0 Å². The molecule has 1 saturated carbocycles. The van der Waals surface area contributed by atoms with E-state index in [0.29, 0.717) is 6.04 Å². The van der Waals surface area contributed by atoms with Crippen molar-refractivity contribution >= 4 is 0 Å². The van der Waals surface area contributed by atoms with E-state index >= 15 is 0 Å². The first-order chi connectivity index (χ1) is 6.77. The van der Waals surface area contributed by atoms with Gasteiger partial charge in [0, 0.05) is 18.3 Å². The minimum absolute atomic E-state index is 0.639. The summed E-state index contributed by atoms with van der Waals surface area (Å²) in [6.07, 6.45) is 5.97. The van der Waals surface area contributed by atoms with E-state index in [0.717, 1.165) is 18.2 Å². The van der Waals surface area contributed by atoms with Gasteiger partial charge < -0.3 is 10.3 Å². The van der Waals surface area contributed by atoms with Crippen LogP contribution in [0.5, 0.6) is 0 Å². The average molecular weight is 193 g/mol. The summed E-state index contributed by atoms with van der Waals surface area (Å²) >= 11 is 0. The number of aromatic nitrogens is 2. The van der Waals surface area contributed by atoms with Crippen LogP contribution < -0.4 is 5.32 Å². The van der Waals surface area contributed by atoms with Crippen molar-refractivity contribution in [1.82, 2.24) is 15.3 Å². The molecule has 0 spiro atoms. The Labute approximate surface area is 85.3 Å². The first kappa shape index (κ1) is 9.71. The van der Waals surface area contributed by atoms with E-state index in [2.05, 4.69) is 29.1 Å². The molecule has 1 aromatic heterocycles. The number of H-pyrrole nitrogens is 1. The molecule has 1 aliphatic rings. The van der Waals surface area contributed by atoms with Gasteiger partial charge in [0.2, 0.25) is 0 Å². The van der Waals surface area contributed by atoms with Crippen LogP contribution in [-0.2, 0) is 6.54 Å². The summed E-state index contributed by atoms with van der Waals surface area (Å²) in [4.78, 5) is 7.37. The lowest BCUT2D eigenvalue weighted by molar-refractivity contribution is 0.239. The third-order valence-corrected chi connectivity index (χ3v) is 3.38. The van der Waals surface area contributed by atoms with E-state index in [4.69, 9.17) is 0 Å². The second-order valence-corrected chi connectivity index (χ2v) is 4.33. The molecule has 0 bridgehead atoms. The van der Waals surface area contributed by atoms with Gasteiger partial charge in [-0.05, 0) is 32.6 Å². The van der Waals surface area contributed by atoms with Crippen LogP contribution in [0, 0.1) is 12.8 Å². The van der Waals surface area contributed by atoms with Crippen LogP contribution in [0.2, 0.25) is 0 Å². The van der Waals surface area contributed by atoms with Crippen molar-refractivity contribution in [2.75, 3.05) is 0 Å². The van der Waals surface area contributed by atoms with Crippen molar-refractivity contribution in [2.24, 2.45) is 5.92 Å². The fraction of sp³-hybridized carbons (Fsp3) is 0.727. The predicted octanol–water partition coefficient (Wildman–Crippen LogP) is 2.00. The average Bonchev–Trinajstić information content (AvgIpc) is 2.44. The van der Waals surface area contributed by atoms with E-state index in [9.17, 15) is 0 Å². The molecule has 1 atom stereocenters. The number of rotatable bonds is 4. The van der Waals surface area contributed by atoms with Gasteiger partial charge in [0.05, 0.1) is 12.0 Å². The number of nitrogens with one attached hydrogen (secondary N) is 2. The van der Waals surface area contributed by atoms with E-state index in [1.807, 2.05) is 0 Å². The van der Waals surface area contributed by atoms with Gasteiger partial charge in [-0.1, -0.05) is 6.42 Å². The SMILES string of the molecule is Cc1[nH]cnc1CNC(C)C1CCC1. The maximum absolute atomic E-state index is 4.27. The minimum Gasteiger partial charge on any atom is -0.348 e. The molecule has 1 aliphatic carbocycles. The van der Waals surface area contributed by atoms with Gasteiger partial charge in [0.25, 0.3) is 0 Å². The Hall–Kier alpha value is -0.830. The van der Waals surface area contributed by atoms with Crippen LogP contribution in [0.3, 0.4) is 0 Å². The van der Waals surface area contributed by atoms with Crippen LogP contribution in [0.15, 0.2) is 6.33 Å². The van der Waals surface area contributed by atoms with Gasteiger partial charge in [-0.3, -0.25) is 0 Å². The van der Waals surface area contributed by atoms with Gasteiger partial charge in [-0.2, -0.15) is 0 Å². The first-order valence-electron chi connectivity index (χ1n) is 5.49. The summed E-state index contributed by atoms with van der Waals surface area (Å²) in [5.74, 6) is 0.897. The highest BCUT2D eigenvalue weighted by atomic mass is 15.0. The summed E-state index contributed by atoms with van der Waals surface area (Å²) in [5.41, 5.74) is 2.33. The zero-order valence-corrected chi connectivity index (χ0v) is 9.01. The molecule has 78 valence electrons. The Morgan fingerprint density at radius 2 is 2.43 bits per heavy atom. The number of aromatic amines is 1. The fourth-order valence-electron chi connectivity index (χ4n) is 1.93. The van der Waals surface area contributed by atoms with E-state index in [1.54, 1.807) is 6.33 Å². The number of imidazole rings is 1. The number of aryl methyl sites for hydroxylation is 1. The maximum atomic E-state index is 4.27. The monoisotopic (exact) mass is 193 g/mol. The van der Waals surface area contributed by atoms with Crippen LogP contribution >= 0.6 is 0 Å². The van der Waals surface area contributed by atoms with Gasteiger partial charge in [0.1, 0.15) is 0 Å². The highest BCUT2D eigenvalue weighted by Crippen LogP contribution is 2.29. The summed E-state index contributed by atoms with van der Waals surface area (Å²) in [5, 5.41) is 3.55. The zero-order valence-electron chi connectivity index (χ0n) is 9.01. The second-order valence-electron chi connectivity index (χ2n) is 4.33. The molecular weight excluding hydrogens is 174 g/mol. The van der Waals surface area contributed by atoms with Crippen LogP contribution in [0.4, 0.5) is 0 Å². The first-order valence-corrected chi connectivity index (χ1v) is 5.49. The Kier molecular flexibility index (Phi) is 2.87. The zero-order chi connectivity index (χ0) is 9.97. The number of hydrogen-bond acceptors (Lipinski definition) is 2. The van der Waals surface area contributed by atoms with Crippen LogP contribution in [0.1, 0.15) is 37.6 Å². The highest BCUT2D eigenvalue weighted by Gasteiger charge is 2.23. The van der Waals surface area contributed by atoms with Crippen molar-refractivity contribution in [1.29, 1.82) is 0 Å². The van der Waals surface area contributed by atoms with Gasteiger partial charge >= 0.3 is 0 Å². The lowest BCUT2D eigenvalue weighted by Gasteiger charge is -2.31. The Morgan fingerprint density at radius 3 is 2.93 bits per heavy atom. The quantitative estimate of drug-likeness (QED) is 0.768. The van der Waals surface area contributed by atoms with E-state index in [-0.39, 0.29) is 0 Å². The summed E-state index contributed by atoms with van der Waals surface area (Å²) in [7, 11) is 0. The Morgan fingerprint density at radius 1 is 1.64 bits per heavy atom. The Balaban J connectivity index is 1.79. The topological polar surface area (TPSA) is 40.7 Å². The number of nitrogens with zero attached hydrogens (tertiary/aromatic N) is 1. The van der Waals surface area contributed by atoms with Gasteiger partial charge in [-0.15, -0.1) is 0 Å². The molecule has 2 N–H and O–H groups in total. The van der Waals surface area contributed by atoms with E-state index < -0.39 is 0 Å². The largest absolute Gasteiger partial charge is 0.348 e. The molecule has 3 nitrogen and oxygen atoms in total. The molecule has 14 heavy (non-hydrogen) atoms. The lowest BCUT2D eigenvalue weighted by atomic mass is 9.80. The van der Waals surface area contributed by atoms with E-state index in [1.165, 1.54) is 25.0 Å². The predicted molar refractivity (Wildman–Crippen MR) is 57.0 cm³/mol. The third kappa shape index (κ3) is 1.98. The molecule has 2 rings (SSSR count). The lowest BCUT2D eigenvalue weighted by Crippen LogP contribution is -2.36. The third-order valence-electron chi connectivity index (χ3n) is 3.38. The Bertz CT molecular complexity index is 288. The normalized spacial score (nSPS) is 19.3. The smallest absolute Gasteiger partial charge is 0.0925 e. The van der Waals surface area contributed by atoms with Gasteiger partial charge in [-0.25, -0.2) is 4.98 Å². The van der Waals surface area contributed by atoms with Crippen LogP contribution in [-0.4, -0.2) is 16.0 Å². The molecule has 0 radical (unpaired) electrons. The summed E-state index contributed by atoms with van der Waals surface area (Å²) in [6.45, 7) is 5.25. The molecule has 1 heterocycles. The molecule has 1 unspecified atom stereocenters. The summed E-state index contributed by atoms with van der Waals surface area (Å²) < 4.78 is 0. The standard InChI is InChI=1S/C11H19N3/c1-8(10-4-3-5-10)12-6-11-9(2)13-7-14-11/h7-8,10,12H,3-6H2,1-2H3,(H,13,14).